The molecule has 0 unspecified atom stereocenters. The molecule has 0 saturated heterocycles. The molecule has 2 aliphatic rings. The van der Waals surface area contributed by atoms with Gasteiger partial charge in [-0.05, 0) is 48.7 Å². The van der Waals surface area contributed by atoms with E-state index in [1.165, 1.54) is 6.08 Å². The molecule has 152 valence electrons. The first-order chi connectivity index (χ1) is 13.2. The number of ketones is 1. The standard InChI is InChI=1S/C24H32O4/c1-15(2)21-19(26)14-24(4)18(12-10-16(3)25)22(24)23(21)28-20(27)13-11-17-8-6-5-7-9-17/h5-9,11,13,15,18-19,21-23,26H,10,12,14H2,1-4H3/b13-11+/t18-,19-,21-,22+,23-,24+/m1/s1. The number of carbonyl (C=O) groups is 2. The van der Waals surface area contributed by atoms with E-state index in [1.54, 1.807) is 13.0 Å². The van der Waals surface area contributed by atoms with Gasteiger partial charge in [0.05, 0.1) is 6.10 Å². The van der Waals surface area contributed by atoms with Crippen molar-refractivity contribution in [1.29, 1.82) is 0 Å². The minimum absolute atomic E-state index is 0.0473. The maximum atomic E-state index is 12.6. The van der Waals surface area contributed by atoms with Gasteiger partial charge in [-0.3, -0.25) is 0 Å². The second-order valence-electron chi connectivity index (χ2n) is 9.12. The zero-order valence-corrected chi connectivity index (χ0v) is 17.3. The lowest BCUT2D eigenvalue weighted by Crippen LogP contribution is -2.45. The van der Waals surface area contributed by atoms with E-state index in [0.29, 0.717) is 12.3 Å². The van der Waals surface area contributed by atoms with E-state index in [1.807, 2.05) is 30.3 Å². The van der Waals surface area contributed by atoms with Crippen LogP contribution in [0.1, 0.15) is 52.5 Å². The highest BCUT2D eigenvalue weighted by molar-refractivity contribution is 5.87. The van der Waals surface area contributed by atoms with Gasteiger partial charge >= 0.3 is 5.97 Å². The Labute approximate surface area is 168 Å². The van der Waals surface area contributed by atoms with Gasteiger partial charge in [-0.25, -0.2) is 4.79 Å². The molecule has 6 atom stereocenters. The zero-order chi connectivity index (χ0) is 20.5. The van der Waals surface area contributed by atoms with Crippen LogP contribution in [0.5, 0.6) is 0 Å². The molecule has 0 spiro atoms. The minimum atomic E-state index is -0.487. The molecule has 0 aliphatic heterocycles. The van der Waals surface area contributed by atoms with E-state index in [0.717, 1.165) is 18.4 Å². The average Bonchev–Trinajstić information content (AvgIpc) is 3.22. The highest BCUT2D eigenvalue weighted by Crippen LogP contribution is 2.69. The van der Waals surface area contributed by atoms with E-state index in [2.05, 4.69) is 20.8 Å². The second kappa shape index (κ2) is 8.20. The van der Waals surface area contributed by atoms with Crippen LogP contribution in [0.15, 0.2) is 36.4 Å². The first-order valence-electron chi connectivity index (χ1n) is 10.3. The van der Waals surface area contributed by atoms with Crippen LogP contribution >= 0.6 is 0 Å². The lowest BCUT2D eigenvalue weighted by atomic mass is 9.73. The third kappa shape index (κ3) is 4.22. The summed E-state index contributed by atoms with van der Waals surface area (Å²) >= 11 is 0. The van der Waals surface area contributed by atoms with Crippen LogP contribution in [0.4, 0.5) is 0 Å². The lowest BCUT2D eigenvalue weighted by molar-refractivity contribution is -0.157. The normalized spacial score (nSPS) is 34.3. The molecule has 2 saturated carbocycles. The van der Waals surface area contributed by atoms with Gasteiger partial charge in [0.25, 0.3) is 0 Å². The van der Waals surface area contributed by atoms with Crippen molar-refractivity contribution >= 4 is 17.8 Å². The Morgan fingerprint density at radius 2 is 1.96 bits per heavy atom. The predicted octanol–water partition coefficient (Wildman–Crippen LogP) is 4.27. The van der Waals surface area contributed by atoms with Crippen LogP contribution in [0.2, 0.25) is 0 Å². The van der Waals surface area contributed by atoms with E-state index in [-0.39, 0.29) is 41.0 Å². The number of aliphatic hydroxyl groups is 1. The summed E-state index contributed by atoms with van der Waals surface area (Å²) in [5.74, 6) is 0.502. The molecule has 0 amide bonds. The summed E-state index contributed by atoms with van der Waals surface area (Å²) in [7, 11) is 0. The Hall–Kier alpha value is -1.94. The molecule has 2 fully saturated rings. The summed E-state index contributed by atoms with van der Waals surface area (Å²) in [6, 6.07) is 9.64. The SMILES string of the molecule is CC(=O)CC[C@@H]1[C@H]2[C@H](OC(=O)/C=C/c3ccccc3)[C@H](C(C)C)[C@H](O)C[C@]21C. The minimum Gasteiger partial charge on any atom is -0.458 e. The fourth-order valence-electron chi connectivity index (χ4n) is 5.38. The van der Waals surface area contributed by atoms with E-state index < -0.39 is 6.10 Å². The summed E-state index contributed by atoms with van der Waals surface area (Å²) in [5, 5.41) is 10.8. The van der Waals surface area contributed by atoms with Crippen molar-refractivity contribution in [3.05, 3.63) is 42.0 Å². The molecule has 4 nitrogen and oxygen atoms in total. The summed E-state index contributed by atoms with van der Waals surface area (Å²) in [6.45, 7) is 7.93. The molecule has 3 rings (SSSR count). The average molecular weight is 385 g/mol. The molecule has 0 bridgehead atoms. The van der Waals surface area contributed by atoms with Crippen LogP contribution in [0.25, 0.3) is 6.08 Å². The van der Waals surface area contributed by atoms with Crippen LogP contribution in [0, 0.1) is 29.1 Å². The summed E-state index contributed by atoms with van der Waals surface area (Å²) in [5.41, 5.74) is 0.896. The van der Waals surface area contributed by atoms with Crippen LogP contribution < -0.4 is 0 Å². The number of carbonyl (C=O) groups excluding carboxylic acids is 2. The Kier molecular flexibility index (Phi) is 6.09. The molecule has 1 N–H and O–H groups in total. The highest BCUT2D eigenvalue weighted by Gasteiger charge is 2.69. The van der Waals surface area contributed by atoms with Gasteiger partial charge in [-0.1, -0.05) is 51.1 Å². The predicted molar refractivity (Wildman–Crippen MR) is 109 cm³/mol. The largest absolute Gasteiger partial charge is 0.458 e. The zero-order valence-electron chi connectivity index (χ0n) is 17.3. The van der Waals surface area contributed by atoms with Gasteiger partial charge in [0, 0.05) is 24.3 Å². The third-order valence-electron chi connectivity index (χ3n) is 6.80. The lowest BCUT2D eigenvalue weighted by Gasteiger charge is -2.39. The molecule has 0 aromatic heterocycles. The second-order valence-corrected chi connectivity index (χ2v) is 9.12. The maximum Gasteiger partial charge on any atom is 0.331 e. The number of aliphatic hydroxyl groups excluding tert-OH is 1. The highest BCUT2D eigenvalue weighted by atomic mass is 16.5. The number of fused-ring (bicyclic) bond motifs is 1. The van der Waals surface area contributed by atoms with Crippen molar-refractivity contribution in [3.8, 4) is 0 Å². The number of esters is 1. The van der Waals surface area contributed by atoms with Gasteiger partial charge < -0.3 is 14.6 Å². The van der Waals surface area contributed by atoms with E-state index in [9.17, 15) is 14.7 Å². The van der Waals surface area contributed by atoms with E-state index >= 15 is 0 Å². The van der Waals surface area contributed by atoms with Crippen LogP contribution in [0.3, 0.4) is 0 Å². The number of hydrogen-bond donors (Lipinski definition) is 1. The first kappa shape index (κ1) is 20.8. The molecular formula is C24H32O4. The van der Waals surface area contributed by atoms with Gasteiger partial charge in [-0.15, -0.1) is 0 Å². The molecule has 2 aliphatic carbocycles. The molecule has 1 aromatic rings. The molecule has 4 heteroatoms. The third-order valence-corrected chi connectivity index (χ3v) is 6.80. The Morgan fingerprint density at radius 1 is 1.29 bits per heavy atom. The van der Waals surface area contributed by atoms with Gasteiger partial charge in [0.2, 0.25) is 0 Å². The first-order valence-corrected chi connectivity index (χ1v) is 10.3. The van der Waals surface area contributed by atoms with Crippen LogP contribution in [-0.2, 0) is 14.3 Å². The van der Waals surface area contributed by atoms with E-state index in [4.69, 9.17) is 4.74 Å². The number of rotatable bonds is 7. The van der Waals surface area contributed by atoms with Crippen molar-refractivity contribution in [2.75, 3.05) is 0 Å². The Morgan fingerprint density at radius 3 is 2.57 bits per heavy atom. The fourth-order valence-corrected chi connectivity index (χ4v) is 5.38. The fraction of sp³-hybridized carbons (Fsp3) is 0.583. The van der Waals surface area contributed by atoms with Gasteiger partial charge in [-0.2, -0.15) is 0 Å². The summed E-state index contributed by atoms with van der Waals surface area (Å²) < 4.78 is 5.94. The summed E-state index contributed by atoms with van der Waals surface area (Å²) in [4.78, 5) is 24.0. The van der Waals surface area contributed by atoms with Crippen molar-refractivity contribution < 1.29 is 19.4 Å². The molecular weight excluding hydrogens is 352 g/mol. The number of Topliss-reactive ketones (excluding diaryl/α,β-unsaturated/α-hetero) is 1. The quantitative estimate of drug-likeness (QED) is 0.563. The molecule has 28 heavy (non-hydrogen) atoms. The van der Waals surface area contributed by atoms with Crippen molar-refractivity contribution in [3.63, 3.8) is 0 Å². The van der Waals surface area contributed by atoms with Crippen molar-refractivity contribution in [2.24, 2.45) is 29.1 Å². The monoisotopic (exact) mass is 384 g/mol. The number of benzene rings is 1. The molecule has 1 aromatic carbocycles. The molecule has 0 heterocycles. The Balaban J connectivity index is 1.75. The van der Waals surface area contributed by atoms with Crippen molar-refractivity contribution in [1.82, 2.24) is 0 Å². The number of hydrogen-bond acceptors (Lipinski definition) is 4. The summed E-state index contributed by atoms with van der Waals surface area (Å²) in [6.07, 6.45) is 4.51. The maximum absolute atomic E-state index is 12.6. The van der Waals surface area contributed by atoms with Crippen LogP contribution in [-0.4, -0.2) is 29.1 Å². The van der Waals surface area contributed by atoms with Gasteiger partial charge in [0.15, 0.2) is 0 Å². The Bertz CT molecular complexity index is 738. The van der Waals surface area contributed by atoms with Gasteiger partial charge in [0.1, 0.15) is 11.9 Å². The topological polar surface area (TPSA) is 63.6 Å². The van der Waals surface area contributed by atoms with Crippen molar-refractivity contribution in [2.45, 2.75) is 59.2 Å². The number of ether oxygens (including phenoxy) is 1. The molecule has 0 radical (unpaired) electrons. The smallest absolute Gasteiger partial charge is 0.331 e.